The van der Waals surface area contributed by atoms with E-state index in [9.17, 15) is 9.59 Å². The number of carbonyl (C=O) groups is 2. The summed E-state index contributed by atoms with van der Waals surface area (Å²) in [5, 5.41) is 12.3. The van der Waals surface area contributed by atoms with Crippen molar-refractivity contribution in [3.63, 3.8) is 0 Å². The molecule has 1 unspecified atom stereocenters. The maximum atomic E-state index is 13.3. The van der Waals surface area contributed by atoms with Crippen molar-refractivity contribution in [1.82, 2.24) is 15.1 Å². The summed E-state index contributed by atoms with van der Waals surface area (Å²) in [7, 11) is 1.62. The van der Waals surface area contributed by atoms with Crippen molar-refractivity contribution in [2.24, 2.45) is 5.92 Å². The van der Waals surface area contributed by atoms with Gasteiger partial charge in [0.25, 0.3) is 0 Å². The molecule has 3 aromatic rings. The van der Waals surface area contributed by atoms with Gasteiger partial charge in [0.2, 0.25) is 16.9 Å². The lowest BCUT2D eigenvalue weighted by Crippen LogP contribution is -2.39. The highest BCUT2D eigenvalue weighted by Gasteiger charge is 2.30. The van der Waals surface area contributed by atoms with Gasteiger partial charge in [-0.1, -0.05) is 66.6 Å². The summed E-state index contributed by atoms with van der Waals surface area (Å²) in [5.41, 5.74) is 1.95. The number of amides is 2. The fourth-order valence-electron chi connectivity index (χ4n) is 4.36. The number of hydrogen-bond donors (Lipinski definition) is 1. The highest BCUT2D eigenvalue weighted by Crippen LogP contribution is 2.31. The largest absolute Gasteiger partial charge is 0.497 e. The van der Waals surface area contributed by atoms with Gasteiger partial charge in [-0.2, -0.15) is 0 Å². The van der Waals surface area contributed by atoms with Gasteiger partial charge in [-0.05, 0) is 37.5 Å². The van der Waals surface area contributed by atoms with E-state index in [1.807, 2.05) is 66.4 Å². The third-order valence-electron chi connectivity index (χ3n) is 6.30. The molecule has 178 valence electrons. The second-order valence-corrected chi connectivity index (χ2v) is 9.52. The molecule has 0 saturated heterocycles. The topological polar surface area (TPSA) is 84.4 Å². The minimum Gasteiger partial charge on any atom is -0.497 e. The van der Waals surface area contributed by atoms with Crippen molar-refractivity contribution < 1.29 is 14.3 Å². The van der Waals surface area contributed by atoms with Gasteiger partial charge in [-0.25, -0.2) is 0 Å². The first-order valence-electron chi connectivity index (χ1n) is 11.7. The Morgan fingerprint density at radius 1 is 1.12 bits per heavy atom. The number of nitrogens with zero attached hydrogens (tertiary/aromatic N) is 3. The lowest BCUT2D eigenvalue weighted by Gasteiger charge is -2.32. The Morgan fingerprint density at radius 2 is 1.88 bits per heavy atom. The van der Waals surface area contributed by atoms with Crippen molar-refractivity contribution in [3.05, 3.63) is 60.2 Å². The van der Waals surface area contributed by atoms with E-state index in [0.717, 1.165) is 42.6 Å². The number of hydrogen-bond acceptors (Lipinski definition) is 6. The molecule has 1 aromatic heterocycles. The molecule has 1 heterocycles. The van der Waals surface area contributed by atoms with Gasteiger partial charge in [0.15, 0.2) is 0 Å². The molecule has 1 atom stereocenters. The van der Waals surface area contributed by atoms with Gasteiger partial charge < -0.3 is 15.0 Å². The van der Waals surface area contributed by atoms with E-state index in [-0.39, 0.29) is 30.2 Å². The Kier molecular flexibility index (Phi) is 7.90. The van der Waals surface area contributed by atoms with Crippen molar-refractivity contribution in [2.75, 3.05) is 19.0 Å². The van der Waals surface area contributed by atoms with E-state index in [4.69, 9.17) is 4.74 Å². The average molecular weight is 479 g/mol. The summed E-state index contributed by atoms with van der Waals surface area (Å²) in [4.78, 5) is 27.9. The number of rotatable bonds is 9. The molecule has 0 bridgehead atoms. The fourth-order valence-corrected chi connectivity index (χ4v) is 5.12. The molecule has 1 aliphatic rings. The van der Waals surface area contributed by atoms with Crippen LogP contribution >= 0.6 is 11.3 Å². The molecule has 7 nitrogen and oxygen atoms in total. The first-order valence-corrected chi connectivity index (χ1v) is 12.5. The first kappa shape index (κ1) is 23.9. The zero-order valence-corrected chi connectivity index (χ0v) is 20.4. The summed E-state index contributed by atoms with van der Waals surface area (Å²) < 4.78 is 5.26. The van der Waals surface area contributed by atoms with Crippen LogP contribution in [0.1, 0.15) is 50.6 Å². The summed E-state index contributed by atoms with van der Waals surface area (Å²) in [5.74, 6) is 0.761. The van der Waals surface area contributed by atoms with Gasteiger partial charge in [-0.15, -0.1) is 10.2 Å². The molecule has 0 aliphatic heterocycles. The highest BCUT2D eigenvalue weighted by molar-refractivity contribution is 7.18. The Balaban J connectivity index is 1.40. The Hall–Kier alpha value is -3.26. The molecular formula is C26H30N4O3S. The maximum absolute atomic E-state index is 13.3. The van der Waals surface area contributed by atoms with Crippen LogP contribution in [-0.4, -0.2) is 40.6 Å². The molecule has 0 radical (unpaired) electrons. The lowest BCUT2D eigenvalue weighted by molar-refractivity contribution is -0.138. The summed E-state index contributed by atoms with van der Waals surface area (Å²) in [6.45, 7) is 2.39. The maximum Gasteiger partial charge on any atom is 0.227 e. The van der Waals surface area contributed by atoms with Gasteiger partial charge in [0, 0.05) is 24.4 Å². The van der Waals surface area contributed by atoms with Crippen LogP contribution in [0.15, 0.2) is 54.6 Å². The number of nitrogens with one attached hydrogen (secondary N) is 1. The van der Waals surface area contributed by atoms with Gasteiger partial charge in [0.05, 0.1) is 13.2 Å². The zero-order valence-electron chi connectivity index (χ0n) is 19.6. The minimum atomic E-state index is -0.183. The Bertz CT molecular complexity index is 1110. The molecule has 1 fully saturated rings. The summed E-state index contributed by atoms with van der Waals surface area (Å²) in [6, 6.07) is 17.4. The van der Waals surface area contributed by atoms with Gasteiger partial charge in [-0.3, -0.25) is 9.59 Å². The molecule has 2 amide bonds. The van der Waals surface area contributed by atoms with Crippen LogP contribution in [-0.2, 0) is 9.59 Å². The number of carbonyl (C=O) groups excluding carboxylic acids is 2. The number of benzene rings is 2. The van der Waals surface area contributed by atoms with Crippen molar-refractivity contribution in [3.8, 4) is 16.3 Å². The molecule has 4 rings (SSSR count). The molecule has 8 heteroatoms. The Labute approximate surface area is 204 Å². The quantitative estimate of drug-likeness (QED) is 0.450. The predicted octanol–water partition coefficient (Wildman–Crippen LogP) is 5.32. The molecule has 0 spiro atoms. The monoisotopic (exact) mass is 478 g/mol. The molecule has 1 N–H and O–H groups in total. The number of methoxy groups -OCH3 is 1. The molecule has 1 saturated carbocycles. The van der Waals surface area contributed by atoms with E-state index < -0.39 is 0 Å². The SMILES string of the molecule is COc1cccc(-c2nnc(NC(=O)CCN(C(=O)C3CCCC3)C(C)c3ccccc3)s2)c1. The van der Waals surface area contributed by atoms with Gasteiger partial charge in [0.1, 0.15) is 10.8 Å². The van der Waals surface area contributed by atoms with E-state index >= 15 is 0 Å². The van der Waals surface area contributed by atoms with Crippen LogP contribution in [0.25, 0.3) is 10.6 Å². The van der Waals surface area contributed by atoms with Crippen LogP contribution in [0.4, 0.5) is 5.13 Å². The molecular weight excluding hydrogens is 448 g/mol. The zero-order chi connectivity index (χ0) is 23.9. The second-order valence-electron chi connectivity index (χ2n) is 8.54. The minimum absolute atomic E-state index is 0.0582. The van der Waals surface area contributed by atoms with Crippen molar-refractivity contribution >= 4 is 28.3 Å². The Morgan fingerprint density at radius 3 is 2.62 bits per heavy atom. The molecule has 2 aromatic carbocycles. The normalized spacial score (nSPS) is 14.5. The van der Waals surface area contributed by atoms with Crippen LogP contribution < -0.4 is 10.1 Å². The third-order valence-corrected chi connectivity index (χ3v) is 7.19. The van der Waals surface area contributed by atoms with Crippen molar-refractivity contribution in [1.29, 1.82) is 0 Å². The standard InChI is InChI=1S/C26H30N4O3S/c1-18(19-9-4-3-5-10-19)30(25(32)20-11-6-7-12-20)16-15-23(31)27-26-29-28-24(34-26)21-13-8-14-22(17-21)33-2/h3-5,8-10,13-14,17-18,20H,6-7,11-12,15-16H2,1-2H3,(H,27,29,31). The lowest BCUT2D eigenvalue weighted by atomic mass is 10.0. The third kappa shape index (κ3) is 5.80. The smallest absolute Gasteiger partial charge is 0.227 e. The number of ether oxygens (including phenoxy) is 1. The van der Waals surface area contributed by atoms with E-state index in [1.54, 1.807) is 7.11 Å². The van der Waals surface area contributed by atoms with Crippen LogP contribution in [0, 0.1) is 5.92 Å². The highest BCUT2D eigenvalue weighted by atomic mass is 32.1. The summed E-state index contributed by atoms with van der Waals surface area (Å²) in [6.07, 6.45) is 4.25. The molecule has 34 heavy (non-hydrogen) atoms. The van der Waals surface area contributed by atoms with Crippen LogP contribution in [0.5, 0.6) is 5.75 Å². The van der Waals surface area contributed by atoms with Crippen LogP contribution in [0.3, 0.4) is 0 Å². The van der Waals surface area contributed by atoms with Crippen LogP contribution in [0.2, 0.25) is 0 Å². The fraction of sp³-hybridized carbons (Fsp3) is 0.385. The first-order chi connectivity index (χ1) is 16.5. The van der Waals surface area contributed by atoms with Gasteiger partial charge >= 0.3 is 0 Å². The number of anilines is 1. The molecule has 1 aliphatic carbocycles. The van der Waals surface area contributed by atoms with E-state index in [2.05, 4.69) is 15.5 Å². The van der Waals surface area contributed by atoms with E-state index in [1.165, 1.54) is 11.3 Å². The average Bonchev–Trinajstić information content (AvgIpc) is 3.57. The van der Waals surface area contributed by atoms with E-state index in [0.29, 0.717) is 16.7 Å². The van der Waals surface area contributed by atoms with Crippen molar-refractivity contribution in [2.45, 2.75) is 45.1 Å². The second kappa shape index (κ2) is 11.2. The summed E-state index contributed by atoms with van der Waals surface area (Å²) >= 11 is 1.31. The predicted molar refractivity (Wildman–Crippen MR) is 134 cm³/mol. The number of aromatic nitrogens is 2.